The molecule has 0 spiro atoms. The predicted octanol–water partition coefficient (Wildman–Crippen LogP) is -0.478. The van der Waals surface area contributed by atoms with Crippen molar-refractivity contribution in [2.75, 3.05) is 11.4 Å². The van der Waals surface area contributed by atoms with Gasteiger partial charge in [0.15, 0.2) is 23.7 Å². The molecule has 2 aromatic rings. The fourth-order valence-electron chi connectivity index (χ4n) is 2.54. The van der Waals surface area contributed by atoms with Crippen molar-refractivity contribution in [1.29, 1.82) is 5.26 Å². The first-order valence-corrected chi connectivity index (χ1v) is 7.57. The van der Waals surface area contributed by atoms with E-state index < -0.39 is 30.2 Å². The van der Waals surface area contributed by atoms with E-state index in [9.17, 15) is 14.7 Å². The van der Waals surface area contributed by atoms with Crippen molar-refractivity contribution in [2.24, 2.45) is 0 Å². The van der Waals surface area contributed by atoms with Crippen molar-refractivity contribution in [1.82, 2.24) is 20.0 Å². The number of rotatable bonds is 4. The third-order valence-electron chi connectivity index (χ3n) is 3.74. The van der Waals surface area contributed by atoms with Crippen LogP contribution in [0.4, 0.5) is 5.82 Å². The first-order valence-electron chi connectivity index (χ1n) is 7.57. The lowest BCUT2D eigenvalue weighted by Crippen LogP contribution is -2.57. The predicted molar refractivity (Wildman–Crippen MR) is 91.4 cm³/mol. The molecule has 3 rings (SSSR count). The van der Waals surface area contributed by atoms with Gasteiger partial charge in [0.05, 0.1) is 24.5 Å². The summed E-state index contributed by atoms with van der Waals surface area (Å²) in [5.41, 5.74) is 0.582. The first kappa shape index (κ1) is 20.2. The van der Waals surface area contributed by atoms with E-state index in [0.717, 1.165) is 0 Å². The van der Waals surface area contributed by atoms with E-state index in [-0.39, 0.29) is 30.5 Å². The molecule has 0 saturated carbocycles. The van der Waals surface area contributed by atoms with Crippen LogP contribution in [-0.2, 0) is 14.3 Å². The van der Waals surface area contributed by atoms with Crippen molar-refractivity contribution in [2.45, 2.75) is 25.2 Å². The molecule has 0 unspecified atom stereocenters. The Kier molecular flexibility index (Phi) is 6.06. The standard InChI is InChI=1S/C15H14N6O5.ClH/c1-8-7-20(14(23)13(26-8)12(22)15(24)25)11-2-3-21(19-11)10-4-9(5-16)18-17-6-10;/h2-4,6,8,12-13,22H,7H2,1H3,(H,24,25);1H/t8-,12-,13-;/m1./s1. The molecule has 1 aliphatic heterocycles. The van der Waals surface area contributed by atoms with Crippen LogP contribution in [0.3, 0.4) is 0 Å². The maximum atomic E-state index is 12.5. The number of hydrogen-bond acceptors (Lipinski definition) is 8. The zero-order chi connectivity index (χ0) is 18.8. The van der Waals surface area contributed by atoms with Gasteiger partial charge < -0.3 is 14.9 Å². The molecule has 2 aromatic heterocycles. The zero-order valence-electron chi connectivity index (χ0n) is 14.0. The van der Waals surface area contributed by atoms with Gasteiger partial charge in [-0.15, -0.1) is 22.6 Å². The van der Waals surface area contributed by atoms with Gasteiger partial charge >= 0.3 is 5.97 Å². The SMILES string of the molecule is C[C@@H]1CN(c2ccn(-c3cnnc(C#N)c3)n2)C(=O)[C@@H]([C@@H](O)C(=O)O)O1.Cl. The minimum absolute atomic E-state index is 0. The van der Waals surface area contributed by atoms with E-state index in [1.165, 1.54) is 21.8 Å². The summed E-state index contributed by atoms with van der Waals surface area (Å²) < 4.78 is 6.69. The highest BCUT2D eigenvalue weighted by Gasteiger charge is 2.42. The largest absolute Gasteiger partial charge is 0.479 e. The molecule has 3 atom stereocenters. The van der Waals surface area contributed by atoms with Crippen LogP contribution < -0.4 is 4.90 Å². The second-order valence-electron chi connectivity index (χ2n) is 5.63. The molecule has 0 radical (unpaired) electrons. The molecular weight excluding hydrogens is 380 g/mol. The Bertz CT molecular complexity index is 897. The van der Waals surface area contributed by atoms with Crippen LogP contribution in [0, 0.1) is 11.3 Å². The summed E-state index contributed by atoms with van der Waals surface area (Å²) in [4.78, 5) is 24.8. The molecule has 0 bridgehead atoms. The number of aliphatic hydroxyl groups is 1. The number of amides is 1. The molecule has 1 amide bonds. The second-order valence-corrected chi connectivity index (χ2v) is 5.63. The second kappa shape index (κ2) is 8.09. The normalized spacial score (nSPS) is 20.5. The number of aliphatic hydroxyl groups excluding tert-OH is 1. The number of aromatic nitrogens is 4. The summed E-state index contributed by atoms with van der Waals surface area (Å²) in [7, 11) is 0. The van der Waals surface area contributed by atoms with Crippen LogP contribution in [-0.4, -0.2) is 66.9 Å². The van der Waals surface area contributed by atoms with Gasteiger partial charge in [0.2, 0.25) is 0 Å². The highest BCUT2D eigenvalue weighted by atomic mass is 35.5. The van der Waals surface area contributed by atoms with Crippen molar-refractivity contribution < 1.29 is 24.5 Å². The number of aliphatic carboxylic acids is 1. The van der Waals surface area contributed by atoms with Gasteiger partial charge in [0, 0.05) is 18.3 Å². The topological polar surface area (TPSA) is 154 Å². The molecule has 1 fully saturated rings. The molecule has 0 aromatic carbocycles. The Morgan fingerprint density at radius 1 is 1.52 bits per heavy atom. The number of halogens is 1. The molecule has 3 heterocycles. The zero-order valence-corrected chi connectivity index (χ0v) is 14.8. The molecule has 2 N–H and O–H groups in total. The highest BCUT2D eigenvalue weighted by Crippen LogP contribution is 2.22. The van der Waals surface area contributed by atoms with E-state index in [1.807, 2.05) is 6.07 Å². The number of anilines is 1. The number of carbonyl (C=O) groups is 2. The van der Waals surface area contributed by atoms with E-state index in [4.69, 9.17) is 15.1 Å². The molecule has 1 aliphatic rings. The Morgan fingerprint density at radius 2 is 2.26 bits per heavy atom. The summed E-state index contributed by atoms with van der Waals surface area (Å²) in [6.45, 7) is 1.81. The van der Waals surface area contributed by atoms with Gasteiger partial charge in [-0.3, -0.25) is 9.69 Å². The lowest BCUT2D eigenvalue weighted by molar-refractivity contribution is -0.168. The molecule has 1 saturated heterocycles. The average Bonchev–Trinajstić information content (AvgIpc) is 3.12. The minimum Gasteiger partial charge on any atom is -0.479 e. The third kappa shape index (κ3) is 4.03. The monoisotopic (exact) mass is 394 g/mol. The van der Waals surface area contributed by atoms with Gasteiger partial charge in [0.25, 0.3) is 5.91 Å². The number of nitrogens with zero attached hydrogens (tertiary/aromatic N) is 6. The van der Waals surface area contributed by atoms with Crippen molar-refractivity contribution >= 4 is 30.1 Å². The fourth-order valence-corrected chi connectivity index (χ4v) is 2.54. The Labute approximate surface area is 159 Å². The summed E-state index contributed by atoms with van der Waals surface area (Å²) in [6, 6.07) is 4.89. The van der Waals surface area contributed by atoms with Gasteiger partial charge in [-0.1, -0.05) is 0 Å². The summed E-state index contributed by atoms with van der Waals surface area (Å²) in [5, 5.41) is 39.1. The fraction of sp³-hybridized carbons (Fsp3) is 0.333. The molecule has 0 aliphatic carbocycles. The highest BCUT2D eigenvalue weighted by molar-refractivity contribution is 5.99. The summed E-state index contributed by atoms with van der Waals surface area (Å²) in [5.74, 6) is -1.99. The molecule has 142 valence electrons. The summed E-state index contributed by atoms with van der Waals surface area (Å²) >= 11 is 0. The Morgan fingerprint density at radius 3 is 2.93 bits per heavy atom. The maximum Gasteiger partial charge on any atom is 0.335 e. The van der Waals surface area contributed by atoms with E-state index in [0.29, 0.717) is 5.69 Å². The van der Waals surface area contributed by atoms with E-state index in [1.54, 1.807) is 19.2 Å². The number of morpholine rings is 1. The van der Waals surface area contributed by atoms with Gasteiger partial charge in [-0.05, 0) is 6.92 Å². The number of carboxylic acid groups (broad SMARTS) is 1. The quantitative estimate of drug-likeness (QED) is 0.699. The minimum atomic E-state index is -1.97. The van der Waals surface area contributed by atoms with Gasteiger partial charge in [0.1, 0.15) is 6.07 Å². The van der Waals surface area contributed by atoms with Crippen LogP contribution in [0.25, 0.3) is 5.69 Å². The van der Waals surface area contributed by atoms with Crippen molar-refractivity contribution in [3.8, 4) is 11.8 Å². The number of carbonyl (C=O) groups excluding carboxylic acids is 1. The van der Waals surface area contributed by atoms with Crippen molar-refractivity contribution in [3.05, 3.63) is 30.2 Å². The smallest absolute Gasteiger partial charge is 0.335 e. The lowest BCUT2D eigenvalue weighted by atomic mass is 10.1. The van der Waals surface area contributed by atoms with Crippen molar-refractivity contribution in [3.63, 3.8) is 0 Å². The van der Waals surface area contributed by atoms with E-state index in [2.05, 4.69) is 15.3 Å². The first-order chi connectivity index (χ1) is 12.4. The molecule has 12 heteroatoms. The molecule has 27 heavy (non-hydrogen) atoms. The molecular formula is C15H15ClN6O5. The van der Waals surface area contributed by atoms with E-state index >= 15 is 0 Å². The number of nitriles is 1. The maximum absolute atomic E-state index is 12.5. The third-order valence-corrected chi connectivity index (χ3v) is 3.74. The number of carboxylic acids is 1. The van der Waals surface area contributed by atoms with Crippen LogP contribution in [0.1, 0.15) is 12.6 Å². The Hall–Kier alpha value is -3.07. The number of ether oxygens (including phenoxy) is 1. The number of hydrogen-bond donors (Lipinski definition) is 2. The van der Waals surface area contributed by atoms with Gasteiger partial charge in [-0.25, -0.2) is 9.48 Å². The van der Waals surface area contributed by atoms with Crippen LogP contribution >= 0.6 is 12.4 Å². The molecule has 11 nitrogen and oxygen atoms in total. The Balaban J connectivity index is 0.00000261. The van der Waals surface area contributed by atoms with Crippen LogP contribution in [0.2, 0.25) is 0 Å². The van der Waals surface area contributed by atoms with Crippen LogP contribution in [0.15, 0.2) is 24.5 Å². The lowest BCUT2D eigenvalue weighted by Gasteiger charge is -2.35. The van der Waals surface area contributed by atoms with Gasteiger partial charge in [-0.2, -0.15) is 10.4 Å². The average molecular weight is 395 g/mol. The summed E-state index contributed by atoms with van der Waals surface area (Å²) in [6.07, 6.45) is -1.03. The van der Waals surface area contributed by atoms with Crippen LogP contribution in [0.5, 0.6) is 0 Å².